The van der Waals surface area contributed by atoms with Gasteiger partial charge in [-0.1, -0.05) is 79.9 Å². The van der Waals surface area contributed by atoms with Crippen LogP contribution < -0.4 is 0 Å². The Bertz CT molecular complexity index is 762. The minimum Gasteiger partial charge on any atom is -0.457 e. The summed E-state index contributed by atoms with van der Waals surface area (Å²) in [5.41, 5.74) is 1.75. The van der Waals surface area contributed by atoms with E-state index in [9.17, 15) is 4.79 Å². The second kappa shape index (κ2) is 9.58. The number of piperidine rings is 1. The summed E-state index contributed by atoms with van der Waals surface area (Å²) < 4.78 is 6.30. The number of likely N-dealkylation sites (tertiary alicyclic amines) is 1. The number of hydrogen-bond donors (Lipinski definition) is 0. The van der Waals surface area contributed by atoms with Crippen molar-refractivity contribution in [2.24, 2.45) is 0 Å². The Kier molecular flexibility index (Phi) is 6.66. The van der Waals surface area contributed by atoms with Gasteiger partial charge in [-0.3, -0.25) is 4.79 Å². The standard InChI is InChI=1S/C26H33NO2/c28-25(26(17-8-9-18-26)23-14-6-2-7-15-23)29-24(22-12-4-1-5-13-22)16-21-27-19-10-3-11-20-27/h1-2,4-7,12-15,24H,3,8-11,16-21H2/t24-/m0/s1. The van der Waals surface area contributed by atoms with Crippen LogP contribution in [0.25, 0.3) is 0 Å². The maximum atomic E-state index is 13.6. The Labute approximate surface area is 175 Å². The molecule has 4 rings (SSSR count). The van der Waals surface area contributed by atoms with Gasteiger partial charge in [0.25, 0.3) is 0 Å². The molecule has 1 aliphatic heterocycles. The summed E-state index contributed by atoms with van der Waals surface area (Å²) in [5.74, 6) is -0.0336. The van der Waals surface area contributed by atoms with Crippen LogP contribution in [0.1, 0.15) is 68.6 Å². The highest BCUT2D eigenvalue weighted by molar-refractivity contribution is 5.84. The Morgan fingerprint density at radius 2 is 1.48 bits per heavy atom. The lowest BCUT2D eigenvalue weighted by atomic mass is 9.79. The molecule has 154 valence electrons. The van der Waals surface area contributed by atoms with Gasteiger partial charge in [0.15, 0.2) is 0 Å². The van der Waals surface area contributed by atoms with Crippen LogP contribution >= 0.6 is 0 Å². The fourth-order valence-electron chi connectivity index (χ4n) is 5.03. The Morgan fingerprint density at radius 3 is 2.14 bits per heavy atom. The second-order valence-electron chi connectivity index (χ2n) is 8.65. The fourth-order valence-corrected chi connectivity index (χ4v) is 5.03. The summed E-state index contributed by atoms with van der Waals surface area (Å²) in [6, 6.07) is 20.6. The maximum Gasteiger partial charge on any atom is 0.317 e. The zero-order valence-electron chi connectivity index (χ0n) is 17.4. The van der Waals surface area contributed by atoms with Crippen LogP contribution in [-0.2, 0) is 14.9 Å². The van der Waals surface area contributed by atoms with Crippen molar-refractivity contribution in [1.29, 1.82) is 0 Å². The molecule has 3 nitrogen and oxygen atoms in total. The van der Waals surface area contributed by atoms with Crippen molar-refractivity contribution in [3.8, 4) is 0 Å². The second-order valence-corrected chi connectivity index (χ2v) is 8.65. The van der Waals surface area contributed by atoms with Crippen LogP contribution in [0.2, 0.25) is 0 Å². The van der Waals surface area contributed by atoms with E-state index >= 15 is 0 Å². The molecule has 2 aliphatic rings. The molecule has 1 atom stereocenters. The van der Waals surface area contributed by atoms with E-state index in [0.29, 0.717) is 0 Å². The van der Waals surface area contributed by atoms with E-state index in [-0.39, 0.29) is 12.1 Å². The average Bonchev–Trinajstić information content (AvgIpc) is 3.30. The van der Waals surface area contributed by atoms with Crippen molar-refractivity contribution < 1.29 is 9.53 Å². The number of nitrogens with zero attached hydrogens (tertiary/aromatic N) is 1. The molecule has 2 fully saturated rings. The SMILES string of the molecule is O=C(O[C@@H](CCN1CCCCC1)c1ccccc1)C1(c2ccccc2)CCCC1. The summed E-state index contributed by atoms with van der Waals surface area (Å²) in [7, 11) is 0. The highest BCUT2D eigenvalue weighted by atomic mass is 16.5. The molecule has 0 bridgehead atoms. The molecule has 0 aromatic heterocycles. The molecule has 0 spiro atoms. The highest BCUT2D eigenvalue weighted by Crippen LogP contribution is 2.43. The summed E-state index contributed by atoms with van der Waals surface area (Å²) in [6.45, 7) is 3.33. The number of benzene rings is 2. The first-order chi connectivity index (χ1) is 14.3. The molecule has 0 unspecified atom stereocenters. The van der Waals surface area contributed by atoms with Crippen molar-refractivity contribution in [2.75, 3.05) is 19.6 Å². The van der Waals surface area contributed by atoms with Crippen molar-refractivity contribution in [3.63, 3.8) is 0 Å². The number of carbonyl (C=O) groups is 1. The van der Waals surface area contributed by atoms with Crippen LogP contribution in [0.3, 0.4) is 0 Å². The maximum absolute atomic E-state index is 13.6. The normalized spacial score (nSPS) is 20.3. The van der Waals surface area contributed by atoms with Gasteiger partial charge in [0.2, 0.25) is 0 Å². The number of carbonyl (C=O) groups excluding carboxylic acids is 1. The zero-order chi connectivity index (χ0) is 19.9. The van der Waals surface area contributed by atoms with Crippen LogP contribution in [0.5, 0.6) is 0 Å². The van der Waals surface area contributed by atoms with Gasteiger partial charge in [-0.05, 0) is 49.9 Å². The minimum absolute atomic E-state index is 0.0336. The highest BCUT2D eigenvalue weighted by Gasteiger charge is 2.45. The van der Waals surface area contributed by atoms with E-state index in [1.165, 1.54) is 32.4 Å². The first-order valence-corrected chi connectivity index (χ1v) is 11.3. The average molecular weight is 392 g/mol. The first kappa shape index (κ1) is 20.2. The number of esters is 1. The minimum atomic E-state index is -0.473. The molecule has 0 N–H and O–H groups in total. The molecule has 1 heterocycles. The number of ether oxygens (including phenoxy) is 1. The Morgan fingerprint density at radius 1 is 0.862 bits per heavy atom. The van der Waals surface area contributed by atoms with Gasteiger partial charge in [-0.15, -0.1) is 0 Å². The third-order valence-electron chi connectivity index (χ3n) is 6.75. The van der Waals surface area contributed by atoms with Crippen molar-refractivity contribution >= 4 is 5.97 Å². The van der Waals surface area contributed by atoms with Crippen molar-refractivity contribution in [3.05, 3.63) is 71.8 Å². The monoisotopic (exact) mass is 391 g/mol. The molecule has 1 saturated heterocycles. The molecular formula is C26H33NO2. The van der Waals surface area contributed by atoms with Gasteiger partial charge in [-0.25, -0.2) is 0 Å². The molecule has 0 radical (unpaired) electrons. The van der Waals surface area contributed by atoms with Crippen LogP contribution in [-0.4, -0.2) is 30.5 Å². The molecule has 29 heavy (non-hydrogen) atoms. The van der Waals surface area contributed by atoms with E-state index in [1.54, 1.807) is 0 Å². The topological polar surface area (TPSA) is 29.5 Å². The smallest absolute Gasteiger partial charge is 0.317 e. The van der Waals surface area contributed by atoms with Gasteiger partial charge in [0.05, 0.1) is 5.41 Å². The van der Waals surface area contributed by atoms with Crippen molar-refractivity contribution in [1.82, 2.24) is 4.90 Å². The molecular weight excluding hydrogens is 358 g/mol. The first-order valence-electron chi connectivity index (χ1n) is 11.3. The quantitative estimate of drug-likeness (QED) is 0.571. The van der Waals surface area contributed by atoms with Crippen LogP contribution in [0, 0.1) is 0 Å². The third-order valence-corrected chi connectivity index (χ3v) is 6.75. The molecule has 2 aromatic carbocycles. The molecule has 0 amide bonds. The predicted molar refractivity (Wildman–Crippen MR) is 117 cm³/mol. The van der Waals surface area contributed by atoms with Gasteiger partial charge in [0.1, 0.15) is 6.10 Å². The third kappa shape index (κ3) is 4.72. The largest absolute Gasteiger partial charge is 0.457 e. The van der Waals surface area contributed by atoms with Crippen molar-refractivity contribution in [2.45, 2.75) is 62.9 Å². The van der Waals surface area contributed by atoms with Gasteiger partial charge in [-0.2, -0.15) is 0 Å². The van der Waals surface area contributed by atoms with Gasteiger partial charge >= 0.3 is 5.97 Å². The lowest BCUT2D eigenvalue weighted by Crippen LogP contribution is -2.36. The zero-order valence-corrected chi connectivity index (χ0v) is 17.4. The fraction of sp³-hybridized carbons (Fsp3) is 0.500. The van der Waals surface area contributed by atoms with E-state index in [4.69, 9.17) is 4.74 Å². The Balaban J connectivity index is 1.52. The lowest BCUT2D eigenvalue weighted by Gasteiger charge is -2.32. The number of rotatable bonds is 7. The van der Waals surface area contributed by atoms with Crippen LogP contribution in [0.4, 0.5) is 0 Å². The number of hydrogen-bond acceptors (Lipinski definition) is 3. The summed E-state index contributed by atoms with van der Waals surface area (Å²) in [6.07, 6.45) is 8.56. The summed E-state index contributed by atoms with van der Waals surface area (Å²) in [5, 5.41) is 0. The van der Waals surface area contributed by atoms with E-state index in [1.807, 2.05) is 36.4 Å². The van der Waals surface area contributed by atoms with E-state index in [2.05, 4.69) is 29.2 Å². The summed E-state index contributed by atoms with van der Waals surface area (Å²) >= 11 is 0. The van der Waals surface area contributed by atoms with E-state index < -0.39 is 5.41 Å². The van der Waals surface area contributed by atoms with Gasteiger partial charge in [0, 0.05) is 13.0 Å². The Hall–Kier alpha value is -2.13. The molecule has 1 aliphatic carbocycles. The summed E-state index contributed by atoms with van der Waals surface area (Å²) in [4.78, 5) is 16.1. The molecule has 2 aromatic rings. The van der Waals surface area contributed by atoms with Crippen LogP contribution in [0.15, 0.2) is 60.7 Å². The molecule has 1 saturated carbocycles. The molecule has 3 heteroatoms. The predicted octanol–water partition coefficient (Wildman–Crippen LogP) is 5.66. The van der Waals surface area contributed by atoms with E-state index in [0.717, 1.165) is 49.8 Å². The lowest BCUT2D eigenvalue weighted by molar-refractivity contribution is -0.157. The van der Waals surface area contributed by atoms with Gasteiger partial charge < -0.3 is 9.64 Å².